The van der Waals surface area contributed by atoms with Crippen LogP contribution in [0.1, 0.15) is 21.7 Å². The predicted molar refractivity (Wildman–Crippen MR) is 86.9 cm³/mol. The first-order valence-electron chi connectivity index (χ1n) is 6.91. The van der Waals surface area contributed by atoms with Gasteiger partial charge in [-0.25, -0.2) is 4.79 Å². The van der Waals surface area contributed by atoms with Crippen molar-refractivity contribution >= 4 is 11.9 Å². The standard InChI is InChI=1S/C18H16O5/c1-3-9-22-14-6-4-5-13(11-14)7-8-15(19)17-16(20)10-12(2)23-18(17)21/h3-8,10-11,20H,1,9H2,2H3/b8-7+. The Labute approximate surface area is 133 Å². The number of ether oxygens (including phenoxy) is 1. The highest BCUT2D eigenvalue weighted by Gasteiger charge is 2.15. The van der Waals surface area contributed by atoms with E-state index in [9.17, 15) is 14.7 Å². The number of ketones is 1. The van der Waals surface area contributed by atoms with E-state index >= 15 is 0 Å². The molecule has 0 amide bonds. The van der Waals surface area contributed by atoms with E-state index in [1.807, 2.05) is 0 Å². The highest BCUT2D eigenvalue weighted by atomic mass is 16.5. The number of carbonyl (C=O) groups excluding carboxylic acids is 1. The monoisotopic (exact) mass is 312 g/mol. The number of hydrogen-bond donors (Lipinski definition) is 1. The summed E-state index contributed by atoms with van der Waals surface area (Å²) in [6.45, 7) is 5.46. The molecule has 0 saturated heterocycles. The average molecular weight is 312 g/mol. The molecule has 0 bridgehead atoms. The SMILES string of the molecule is C=CCOc1cccc(/C=C/C(=O)c2c(O)cc(C)oc2=O)c1. The Morgan fingerprint density at radius 2 is 2.17 bits per heavy atom. The largest absolute Gasteiger partial charge is 0.507 e. The van der Waals surface area contributed by atoms with Crippen LogP contribution in [0.2, 0.25) is 0 Å². The Morgan fingerprint density at radius 1 is 1.39 bits per heavy atom. The van der Waals surface area contributed by atoms with Crippen molar-refractivity contribution in [2.24, 2.45) is 0 Å². The van der Waals surface area contributed by atoms with Gasteiger partial charge in [0.2, 0.25) is 0 Å². The van der Waals surface area contributed by atoms with E-state index in [0.717, 1.165) is 5.56 Å². The van der Waals surface area contributed by atoms with Gasteiger partial charge in [-0.15, -0.1) is 0 Å². The second-order valence-corrected chi connectivity index (χ2v) is 4.77. The van der Waals surface area contributed by atoms with Crippen LogP contribution in [0, 0.1) is 6.92 Å². The zero-order chi connectivity index (χ0) is 16.8. The summed E-state index contributed by atoms with van der Waals surface area (Å²) in [5.41, 5.74) is -0.526. The van der Waals surface area contributed by atoms with Gasteiger partial charge < -0.3 is 14.3 Å². The first-order valence-corrected chi connectivity index (χ1v) is 6.91. The first-order chi connectivity index (χ1) is 11.0. The molecule has 0 aliphatic carbocycles. The molecule has 0 atom stereocenters. The third kappa shape index (κ3) is 4.20. The molecule has 1 aromatic heterocycles. The third-order valence-electron chi connectivity index (χ3n) is 2.95. The summed E-state index contributed by atoms with van der Waals surface area (Å²) in [4.78, 5) is 23.8. The van der Waals surface area contributed by atoms with E-state index in [1.165, 1.54) is 25.1 Å². The van der Waals surface area contributed by atoms with Crippen LogP contribution in [0.3, 0.4) is 0 Å². The highest BCUT2D eigenvalue weighted by molar-refractivity contribution is 6.08. The van der Waals surface area contributed by atoms with Crippen LogP contribution in [-0.2, 0) is 0 Å². The van der Waals surface area contributed by atoms with Gasteiger partial charge in [0.15, 0.2) is 5.78 Å². The molecule has 23 heavy (non-hydrogen) atoms. The van der Waals surface area contributed by atoms with Crippen LogP contribution in [-0.4, -0.2) is 17.5 Å². The van der Waals surface area contributed by atoms with Crippen molar-refractivity contribution in [1.29, 1.82) is 0 Å². The molecular formula is C18H16O5. The molecule has 0 aliphatic heterocycles. The van der Waals surface area contributed by atoms with Gasteiger partial charge in [0.05, 0.1) is 0 Å². The summed E-state index contributed by atoms with van der Waals surface area (Å²) in [7, 11) is 0. The molecule has 1 aromatic carbocycles. The molecule has 0 unspecified atom stereocenters. The lowest BCUT2D eigenvalue weighted by molar-refractivity contribution is 0.104. The van der Waals surface area contributed by atoms with E-state index in [0.29, 0.717) is 12.4 Å². The zero-order valence-electron chi connectivity index (χ0n) is 12.6. The molecule has 2 rings (SSSR count). The summed E-state index contributed by atoms with van der Waals surface area (Å²) in [5, 5.41) is 9.74. The van der Waals surface area contributed by atoms with Gasteiger partial charge >= 0.3 is 5.63 Å². The lowest BCUT2D eigenvalue weighted by Crippen LogP contribution is -2.12. The molecule has 0 fully saturated rings. The minimum atomic E-state index is -0.861. The van der Waals surface area contributed by atoms with Crippen molar-refractivity contribution in [3.05, 3.63) is 76.4 Å². The Kier molecular flexibility index (Phi) is 5.15. The fourth-order valence-corrected chi connectivity index (χ4v) is 1.94. The minimum absolute atomic E-state index is 0.236. The lowest BCUT2D eigenvalue weighted by atomic mass is 10.1. The van der Waals surface area contributed by atoms with Gasteiger partial charge in [-0.1, -0.05) is 30.9 Å². The number of benzene rings is 1. The molecule has 5 nitrogen and oxygen atoms in total. The number of carbonyl (C=O) groups is 1. The molecular weight excluding hydrogens is 296 g/mol. The van der Waals surface area contributed by atoms with Crippen LogP contribution in [0.15, 0.2) is 58.3 Å². The average Bonchev–Trinajstić information content (AvgIpc) is 2.50. The summed E-state index contributed by atoms with van der Waals surface area (Å²) in [5.74, 6) is -0.151. The molecule has 2 aromatic rings. The normalized spacial score (nSPS) is 10.7. The van der Waals surface area contributed by atoms with Crippen LogP contribution < -0.4 is 10.4 Å². The van der Waals surface area contributed by atoms with Crippen LogP contribution in [0.4, 0.5) is 0 Å². The molecule has 118 valence electrons. The van der Waals surface area contributed by atoms with Gasteiger partial charge in [-0.3, -0.25) is 4.79 Å². The first kappa shape index (κ1) is 16.3. The number of rotatable bonds is 6. The van der Waals surface area contributed by atoms with E-state index in [-0.39, 0.29) is 11.3 Å². The predicted octanol–water partition coefficient (Wildman–Crippen LogP) is 3.11. The van der Waals surface area contributed by atoms with Crippen LogP contribution >= 0.6 is 0 Å². The molecule has 0 saturated carbocycles. The fraction of sp³-hybridized carbons (Fsp3) is 0.111. The second-order valence-electron chi connectivity index (χ2n) is 4.77. The Balaban J connectivity index is 2.22. The maximum Gasteiger partial charge on any atom is 0.351 e. The smallest absolute Gasteiger partial charge is 0.351 e. The second kappa shape index (κ2) is 7.26. The van der Waals surface area contributed by atoms with Crippen LogP contribution in [0.5, 0.6) is 11.5 Å². The fourth-order valence-electron chi connectivity index (χ4n) is 1.94. The van der Waals surface area contributed by atoms with Crippen LogP contribution in [0.25, 0.3) is 6.08 Å². The number of aromatic hydroxyl groups is 1. The van der Waals surface area contributed by atoms with Gasteiger partial charge in [0, 0.05) is 6.07 Å². The van der Waals surface area contributed by atoms with Gasteiger partial charge in [-0.2, -0.15) is 0 Å². The molecule has 5 heteroatoms. The van der Waals surface area contributed by atoms with E-state index < -0.39 is 17.2 Å². The Bertz CT molecular complexity index is 814. The Hall–Kier alpha value is -3.08. The molecule has 0 radical (unpaired) electrons. The quantitative estimate of drug-likeness (QED) is 0.504. The van der Waals surface area contributed by atoms with Crippen molar-refractivity contribution in [2.45, 2.75) is 6.92 Å². The summed E-state index contributed by atoms with van der Waals surface area (Å²) >= 11 is 0. The topological polar surface area (TPSA) is 76.7 Å². The van der Waals surface area contributed by atoms with E-state index in [2.05, 4.69) is 6.58 Å². The molecule has 0 spiro atoms. The number of hydrogen-bond acceptors (Lipinski definition) is 5. The van der Waals surface area contributed by atoms with Gasteiger partial charge in [-0.05, 0) is 30.7 Å². The van der Waals surface area contributed by atoms with Crippen molar-refractivity contribution in [2.75, 3.05) is 6.61 Å². The van der Waals surface area contributed by atoms with E-state index in [4.69, 9.17) is 9.15 Å². The Morgan fingerprint density at radius 3 is 2.87 bits per heavy atom. The van der Waals surface area contributed by atoms with Gasteiger partial charge in [0.25, 0.3) is 0 Å². The van der Waals surface area contributed by atoms with Crippen molar-refractivity contribution in [3.8, 4) is 11.5 Å². The number of aryl methyl sites for hydroxylation is 1. The maximum atomic E-state index is 12.1. The van der Waals surface area contributed by atoms with Crippen molar-refractivity contribution in [3.63, 3.8) is 0 Å². The molecule has 1 N–H and O–H groups in total. The maximum absolute atomic E-state index is 12.1. The summed E-state index contributed by atoms with van der Waals surface area (Å²) < 4.78 is 10.2. The lowest BCUT2D eigenvalue weighted by Gasteiger charge is -2.03. The van der Waals surface area contributed by atoms with E-state index in [1.54, 1.807) is 30.3 Å². The minimum Gasteiger partial charge on any atom is -0.507 e. The summed E-state index contributed by atoms with van der Waals surface area (Å²) in [6, 6.07) is 8.31. The van der Waals surface area contributed by atoms with Gasteiger partial charge in [0.1, 0.15) is 29.4 Å². The number of allylic oxidation sites excluding steroid dienone is 1. The van der Waals surface area contributed by atoms with Crippen molar-refractivity contribution < 1.29 is 19.1 Å². The summed E-state index contributed by atoms with van der Waals surface area (Å²) in [6.07, 6.45) is 4.36. The molecule has 0 aliphatic rings. The highest BCUT2D eigenvalue weighted by Crippen LogP contribution is 2.17. The molecule has 1 heterocycles. The zero-order valence-corrected chi connectivity index (χ0v) is 12.6. The van der Waals surface area contributed by atoms with Crippen molar-refractivity contribution in [1.82, 2.24) is 0 Å². The third-order valence-corrected chi connectivity index (χ3v) is 2.95.